The predicted molar refractivity (Wildman–Crippen MR) is 113 cm³/mol. The molecule has 0 saturated carbocycles. The van der Waals surface area contributed by atoms with E-state index in [1.54, 1.807) is 0 Å². The third-order valence-corrected chi connectivity index (χ3v) is 4.91. The normalized spacial score (nSPS) is 19.8. The first-order chi connectivity index (χ1) is 12.2. The number of hydrogen-bond donors (Lipinski definition) is 0. The highest BCUT2D eigenvalue weighted by Crippen LogP contribution is 2.36. The predicted octanol–water partition coefficient (Wildman–Crippen LogP) is 6.93. The molecule has 0 amide bonds. The van der Waals surface area contributed by atoms with Crippen LogP contribution < -0.4 is 0 Å². The summed E-state index contributed by atoms with van der Waals surface area (Å²) in [6.07, 6.45) is 2.04. The fourth-order valence-corrected chi connectivity index (χ4v) is 3.05. The highest BCUT2D eigenvalue weighted by Gasteiger charge is 2.16. The molecule has 2 rings (SSSR count). The molecule has 0 radical (unpaired) electrons. The van der Waals surface area contributed by atoms with Crippen LogP contribution in [0.2, 0.25) is 0 Å². The molecule has 3 heteroatoms. The minimum atomic E-state index is 0.254. The summed E-state index contributed by atoms with van der Waals surface area (Å²) >= 11 is 0. The van der Waals surface area contributed by atoms with Gasteiger partial charge in [0.25, 0.3) is 0 Å². The Morgan fingerprint density at radius 2 is 1.62 bits per heavy atom. The molecule has 0 N–H and O–H groups in total. The van der Waals surface area contributed by atoms with E-state index in [1.165, 1.54) is 11.1 Å². The Morgan fingerprint density at radius 3 is 2.04 bits per heavy atom. The highest BCUT2D eigenvalue weighted by atomic mass is 16.5. The summed E-state index contributed by atoms with van der Waals surface area (Å²) in [5.74, 6) is 2.40. The second kappa shape index (κ2) is 8.75. The van der Waals surface area contributed by atoms with E-state index in [-0.39, 0.29) is 6.04 Å². The van der Waals surface area contributed by atoms with Crippen molar-refractivity contribution in [1.82, 2.24) is 0 Å². The number of allylic oxidation sites excluding steroid dienone is 1. The van der Waals surface area contributed by atoms with Gasteiger partial charge < -0.3 is 10.1 Å². The smallest absolute Gasteiger partial charge is 0.0726 e. The maximum absolute atomic E-state index is 5.81. The zero-order valence-electron chi connectivity index (χ0n) is 17.7. The van der Waals surface area contributed by atoms with E-state index < -0.39 is 0 Å². The van der Waals surface area contributed by atoms with Crippen LogP contribution in [0.25, 0.3) is 5.32 Å². The molecule has 1 atom stereocenters. The molecule has 1 fully saturated rings. The van der Waals surface area contributed by atoms with E-state index in [1.807, 2.05) is 6.08 Å². The molecule has 0 bridgehead atoms. The molecule has 0 aliphatic carbocycles. The molecular weight excluding hydrogens is 320 g/mol. The molecule has 1 aromatic carbocycles. The van der Waals surface area contributed by atoms with E-state index in [2.05, 4.69) is 73.6 Å². The number of nitrogens with zero attached hydrogens (tertiary/aromatic N) is 2. The number of aliphatic imine (C=N–C) groups is 1. The fourth-order valence-electron chi connectivity index (χ4n) is 3.05. The molecule has 3 nitrogen and oxygen atoms in total. The standard InChI is InChI=1S/C23H35N2O/c1-14(2)18-10-9-11-19(15(3)4)23(18)25-20(16(5)6)12-22-24-21(13-26-22)17(7)8/h9-12,14-17,21H,13H2,1-8H3/q-1/b22-12-,25-20?/t21-/m1/s1. The van der Waals surface area contributed by atoms with E-state index in [0.29, 0.717) is 30.3 Å². The topological polar surface area (TPSA) is 35.7 Å². The van der Waals surface area contributed by atoms with Gasteiger partial charge in [0.1, 0.15) is 0 Å². The van der Waals surface area contributed by atoms with Gasteiger partial charge in [0.15, 0.2) is 0 Å². The molecule has 1 aromatic rings. The molecule has 1 aliphatic heterocycles. The molecule has 0 spiro atoms. The summed E-state index contributed by atoms with van der Waals surface area (Å²) in [4.78, 5) is 5.13. The first kappa shape index (κ1) is 20.5. The Bertz CT molecular complexity index is 643. The van der Waals surface area contributed by atoms with Crippen molar-refractivity contribution in [1.29, 1.82) is 0 Å². The molecule has 26 heavy (non-hydrogen) atoms. The molecule has 1 heterocycles. The zero-order valence-corrected chi connectivity index (χ0v) is 17.7. The molecule has 144 valence electrons. The first-order valence-corrected chi connectivity index (χ1v) is 9.97. The van der Waals surface area contributed by atoms with Crippen LogP contribution in [-0.4, -0.2) is 18.4 Å². The van der Waals surface area contributed by atoms with Gasteiger partial charge in [-0.05, 0) is 35.0 Å². The van der Waals surface area contributed by atoms with Crippen molar-refractivity contribution in [2.24, 2.45) is 16.8 Å². The average Bonchev–Trinajstić information content (AvgIpc) is 3.02. The average molecular weight is 356 g/mol. The highest BCUT2D eigenvalue weighted by molar-refractivity contribution is 5.99. The van der Waals surface area contributed by atoms with Crippen molar-refractivity contribution in [2.45, 2.75) is 73.3 Å². The van der Waals surface area contributed by atoms with Crippen molar-refractivity contribution in [2.75, 3.05) is 6.61 Å². The van der Waals surface area contributed by atoms with Crippen LogP contribution in [0.4, 0.5) is 5.69 Å². The maximum atomic E-state index is 5.81. The van der Waals surface area contributed by atoms with Crippen LogP contribution in [0.1, 0.15) is 78.4 Å². The fraction of sp³-hybridized carbons (Fsp3) is 0.609. The number of benzene rings is 1. The summed E-state index contributed by atoms with van der Waals surface area (Å²) in [6, 6.07) is 6.81. The number of ether oxygens (including phenoxy) is 1. The van der Waals surface area contributed by atoms with Crippen LogP contribution in [0.3, 0.4) is 0 Å². The van der Waals surface area contributed by atoms with Crippen molar-refractivity contribution >= 4 is 11.4 Å². The molecule has 1 aliphatic rings. The summed E-state index contributed by atoms with van der Waals surface area (Å²) < 4.78 is 5.81. The van der Waals surface area contributed by atoms with Gasteiger partial charge in [0, 0.05) is 11.6 Å². The van der Waals surface area contributed by atoms with Gasteiger partial charge in [-0.25, -0.2) is 0 Å². The molecular formula is C23H35N2O-. The summed E-state index contributed by atoms with van der Waals surface area (Å²) in [5, 5.41) is 4.72. The largest absolute Gasteiger partial charge is 0.648 e. The second-order valence-corrected chi connectivity index (χ2v) is 8.52. The van der Waals surface area contributed by atoms with Gasteiger partial charge in [-0.2, -0.15) is 0 Å². The van der Waals surface area contributed by atoms with Crippen LogP contribution >= 0.6 is 0 Å². The Morgan fingerprint density at radius 1 is 1.04 bits per heavy atom. The van der Waals surface area contributed by atoms with Crippen LogP contribution in [0.5, 0.6) is 0 Å². The Kier molecular flexibility index (Phi) is 6.91. The van der Waals surface area contributed by atoms with Gasteiger partial charge in [-0.1, -0.05) is 85.5 Å². The summed E-state index contributed by atoms with van der Waals surface area (Å²) in [7, 11) is 0. The maximum Gasteiger partial charge on any atom is 0.0726 e. The monoisotopic (exact) mass is 355 g/mol. The lowest BCUT2D eigenvalue weighted by atomic mass is 9.92. The van der Waals surface area contributed by atoms with Gasteiger partial charge in [0.2, 0.25) is 0 Å². The van der Waals surface area contributed by atoms with Gasteiger partial charge >= 0.3 is 0 Å². The van der Waals surface area contributed by atoms with E-state index >= 15 is 0 Å². The minimum absolute atomic E-state index is 0.254. The van der Waals surface area contributed by atoms with E-state index in [9.17, 15) is 0 Å². The summed E-state index contributed by atoms with van der Waals surface area (Å²) in [5.41, 5.74) is 4.76. The number of para-hydroxylation sites is 1. The van der Waals surface area contributed by atoms with E-state index in [0.717, 1.165) is 17.3 Å². The SMILES string of the molecule is CC(C)C(/C=C1/[N-][C@@H](C(C)C)CO1)=Nc1c(C(C)C)cccc1C(C)C. The zero-order chi connectivity index (χ0) is 19.4. The van der Waals surface area contributed by atoms with Crippen molar-refractivity contribution < 1.29 is 4.74 Å². The minimum Gasteiger partial charge on any atom is -0.648 e. The van der Waals surface area contributed by atoms with Gasteiger partial charge in [-0.15, -0.1) is 0 Å². The van der Waals surface area contributed by atoms with Crippen LogP contribution in [-0.2, 0) is 4.74 Å². The summed E-state index contributed by atoms with van der Waals surface area (Å²) in [6.45, 7) is 18.3. The van der Waals surface area contributed by atoms with Gasteiger partial charge in [-0.3, -0.25) is 4.99 Å². The lowest BCUT2D eigenvalue weighted by Crippen LogP contribution is -2.13. The first-order valence-electron chi connectivity index (χ1n) is 9.97. The third-order valence-electron chi connectivity index (χ3n) is 4.91. The van der Waals surface area contributed by atoms with Gasteiger partial charge in [0.05, 0.1) is 12.3 Å². The van der Waals surface area contributed by atoms with Crippen molar-refractivity contribution in [3.63, 3.8) is 0 Å². The van der Waals surface area contributed by atoms with Crippen LogP contribution in [0.15, 0.2) is 35.2 Å². The van der Waals surface area contributed by atoms with Crippen molar-refractivity contribution in [3.8, 4) is 0 Å². The molecule has 0 aromatic heterocycles. The molecule has 1 saturated heterocycles. The second-order valence-electron chi connectivity index (χ2n) is 8.52. The third kappa shape index (κ3) is 4.90. The van der Waals surface area contributed by atoms with E-state index in [4.69, 9.17) is 15.0 Å². The lowest BCUT2D eigenvalue weighted by molar-refractivity contribution is 0.244. The lowest BCUT2D eigenvalue weighted by Gasteiger charge is -2.25. The Balaban J connectivity index is 2.47. The Hall–Kier alpha value is -1.77. The molecule has 0 unspecified atom stereocenters. The Labute approximate surface area is 159 Å². The quantitative estimate of drug-likeness (QED) is 0.509. The number of hydrogen-bond acceptors (Lipinski definition) is 2. The number of rotatable bonds is 6. The van der Waals surface area contributed by atoms with Crippen LogP contribution in [0, 0.1) is 11.8 Å². The van der Waals surface area contributed by atoms with Crippen molar-refractivity contribution in [3.05, 3.63) is 46.6 Å².